The number of piperidine rings is 1. The van der Waals surface area contributed by atoms with Gasteiger partial charge in [0.2, 0.25) is 5.91 Å². The first-order valence-corrected chi connectivity index (χ1v) is 7.57. The second-order valence-electron chi connectivity index (χ2n) is 5.93. The molecule has 0 spiro atoms. The lowest BCUT2D eigenvalue weighted by Gasteiger charge is -2.36. The average Bonchev–Trinajstić information content (AvgIpc) is 2.86. The van der Waals surface area contributed by atoms with Gasteiger partial charge < -0.3 is 16.2 Å². The maximum Gasteiger partial charge on any atom is 0.234 e. The molecule has 2 fully saturated rings. The number of carbonyl (C=O) groups excluding carboxylic acids is 1. The summed E-state index contributed by atoms with van der Waals surface area (Å²) in [5, 5.41) is 12.4. The van der Waals surface area contributed by atoms with E-state index < -0.39 is 0 Å². The first-order valence-electron chi connectivity index (χ1n) is 7.57. The van der Waals surface area contributed by atoms with Crippen molar-refractivity contribution in [3.63, 3.8) is 0 Å². The van der Waals surface area contributed by atoms with E-state index in [1.807, 2.05) is 0 Å². The molecule has 2 aliphatic rings. The molecule has 2 saturated heterocycles. The van der Waals surface area contributed by atoms with Gasteiger partial charge in [0.25, 0.3) is 0 Å². The molecule has 5 nitrogen and oxygen atoms in total. The number of rotatable bonds is 6. The van der Waals surface area contributed by atoms with Crippen molar-refractivity contribution < 1.29 is 9.90 Å². The standard InChI is InChI=1S/C14H27N3O2/c15-14(19)13-4-1-7-17(13)10-12-5-6-16-9-11(12)3-2-8-18/h11-13,16,18H,1-10H2,(H2,15,19)/t11?,12?,13-/m0/s1. The number of primary amides is 1. The summed E-state index contributed by atoms with van der Waals surface area (Å²) in [5.74, 6) is 1.08. The second-order valence-corrected chi connectivity index (χ2v) is 5.93. The van der Waals surface area contributed by atoms with Crippen LogP contribution in [-0.4, -0.2) is 54.7 Å². The number of aliphatic hydroxyl groups is 1. The molecule has 0 radical (unpaired) electrons. The largest absolute Gasteiger partial charge is 0.396 e. The van der Waals surface area contributed by atoms with E-state index in [1.54, 1.807) is 0 Å². The van der Waals surface area contributed by atoms with Gasteiger partial charge in [-0.05, 0) is 63.6 Å². The zero-order valence-corrected chi connectivity index (χ0v) is 11.7. The number of aliphatic hydroxyl groups excluding tert-OH is 1. The van der Waals surface area contributed by atoms with Crippen LogP contribution in [0.4, 0.5) is 0 Å². The van der Waals surface area contributed by atoms with Gasteiger partial charge >= 0.3 is 0 Å². The highest BCUT2D eigenvalue weighted by Gasteiger charge is 2.33. The van der Waals surface area contributed by atoms with E-state index in [0.29, 0.717) is 11.8 Å². The van der Waals surface area contributed by atoms with Gasteiger partial charge in [-0.3, -0.25) is 9.69 Å². The molecule has 0 aromatic rings. The van der Waals surface area contributed by atoms with Gasteiger partial charge in [0.05, 0.1) is 6.04 Å². The van der Waals surface area contributed by atoms with Crippen LogP contribution in [0.25, 0.3) is 0 Å². The number of hydrogen-bond acceptors (Lipinski definition) is 4. The average molecular weight is 269 g/mol. The van der Waals surface area contributed by atoms with Crippen LogP contribution in [0.1, 0.15) is 32.1 Å². The van der Waals surface area contributed by atoms with Crippen LogP contribution in [-0.2, 0) is 4.79 Å². The van der Waals surface area contributed by atoms with Crippen molar-refractivity contribution in [2.75, 3.05) is 32.8 Å². The zero-order chi connectivity index (χ0) is 13.7. The number of amides is 1. The molecule has 110 valence electrons. The van der Waals surface area contributed by atoms with E-state index in [2.05, 4.69) is 10.2 Å². The predicted molar refractivity (Wildman–Crippen MR) is 74.6 cm³/mol. The summed E-state index contributed by atoms with van der Waals surface area (Å²) < 4.78 is 0. The Hall–Kier alpha value is -0.650. The van der Waals surface area contributed by atoms with Crippen molar-refractivity contribution >= 4 is 5.91 Å². The van der Waals surface area contributed by atoms with E-state index in [9.17, 15) is 4.79 Å². The van der Waals surface area contributed by atoms with Gasteiger partial charge in [0, 0.05) is 13.2 Å². The molecule has 19 heavy (non-hydrogen) atoms. The Morgan fingerprint density at radius 1 is 1.37 bits per heavy atom. The van der Waals surface area contributed by atoms with Crippen molar-refractivity contribution in [3.05, 3.63) is 0 Å². The Morgan fingerprint density at radius 2 is 2.21 bits per heavy atom. The third-order valence-electron chi connectivity index (χ3n) is 4.66. The summed E-state index contributed by atoms with van der Waals surface area (Å²) in [6.07, 6.45) is 5.12. The van der Waals surface area contributed by atoms with Crippen LogP contribution in [0.3, 0.4) is 0 Å². The second kappa shape index (κ2) is 7.22. The highest BCUT2D eigenvalue weighted by Crippen LogP contribution is 2.27. The number of carbonyl (C=O) groups is 1. The lowest BCUT2D eigenvalue weighted by Crippen LogP contribution is -2.47. The maximum atomic E-state index is 11.4. The summed E-state index contributed by atoms with van der Waals surface area (Å²) in [5.41, 5.74) is 5.48. The van der Waals surface area contributed by atoms with Gasteiger partial charge in [-0.25, -0.2) is 0 Å². The molecule has 2 rings (SSSR count). The van der Waals surface area contributed by atoms with Crippen molar-refractivity contribution in [1.82, 2.24) is 10.2 Å². The summed E-state index contributed by atoms with van der Waals surface area (Å²) in [7, 11) is 0. The molecular formula is C14H27N3O2. The summed E-state index contributed by atoms with van der Waals surface area (Å²) >= 11 is 0. The molecule has 5 heteroatoms. The van der Waals surface area contributed by atoms with Gasteiger partial charge in [-0.1, -0.05) is 0 Å². The third kappa shape index (κ3) is 3.91. The monoisotopic (exact) mass is 269 g/mol. The molecule has 0 aromatic heterocycles. The zero-order valence-electron chi connectivity index (χ0n) is 11.7. The molecule has 0 bridgehead atoms. The molecule has 1 amide bonds. The van der Waals surface area contributed by atoms with E-state index in [1.165, 1.54) is 0 Å². The normalized spacial score (nSPS) is 32.6. The van der Waals surface area contributed by atoms with Gasteiger partial charge in [0.15, 0.2) is 0 Å². The van der Waals surface area contributed by atoms with E-state index in [0.717, 1.165) is 58.3 Å². The lowest BCUT2D eigenvalue weighted by molar-refractivity contribution is -0.122. The molecule has 2 unspecified atom stereocenters. The minimum atomic E-state index is -0.168. The smallest absolute Gasteiger partial charge is 0.234 e. The van der Waals surface area contributed by atoms with Crippen LogP contribution >= 0.6 is 0 Å². The highest BCUT2D eigenvalue weighted by molar-refractivity contribution is 5.80. The number of nitrogens with two attached hydrogens (primary N) is 1. The quantitative estimate of drug-likeness (QED) is 0.631. The molecule has 4 N–H and O–H groups in total. The number of nitrogens with one attached hydrogen (secondary N) is 1. The van der Waals surface area contributed by atoms with Crippen molar-refractivity contribution in [2.24, 2.45) is 17.6 Å². The first-order chi connectivity index (χ1) is 9.22. The molecule has 0 aliphatic carbocycles. The third-order valence-corrected chi connectivity index (χ3v) is 4.66. The SMILES string of the molecule is NC(=O)[C@@H]1CCCN1CC1CCNCC1CCCO. The van der Waals surface area contributed by atoms with E-state index >= 15 is 0 Å². The van der Waals surface area contributed by atoms with Crippen LogP contribution in [0, 0.1) is 11.8 Å². The topological polar surface area (TPSA) is 78.6 Å². The van der Waals surface area contributed by atoms with Crippen LogP contribution in [0.15, 0.2) is 0 Å². The van der Waals surface area contributed by atoms with Crippen LogP contribution in [0.5, 0.6) is 0 Å². The van der Waals surface area contributed by atoms with E-state index in [-0.39, 0.29) is 18.6 Å². The Morgan fingerprint density at radius 3 is 2.95 bits per heavy atom. The predicted octanol–water partition coefficient (Wildman–Crippen LogP) is -0.0657. The van der Waals surface area contributed by atoms with Gasteiger partial charge in [0.1, 0.15) is 0 Å². The van der Waals surface area contributed by atoms with Gasteiger partial charge in [-0.15, -0.1) is 0 Å². The fourth-order valence-corrected chi connectivity index (χ4v) is 3.58. The number of likely N-dealkylation sites (tertiary alicyclic amines) is 1. The molecule has 0 saturated carbocycles. The Bertz CT molecular complexity index is 298. The maximum absolute atomic E-state index is 11.4. The summed E-state index contributed by atoms with van der Waals surface area (Å²) in [4.78, 5) is 13.7. The first kappa shape index (κ1) is 14.8. The number of hydrogen-bond donors (Lipinski definition) is 3. The summed E-state index contributed by atoms with van der Waals surface area (Å²) in [6, 6.07) is -0.0478. The Balaban J connectivity index is 1.89. The van der Waals surface area contributed by atoms with Crippen LogP contribution < -0.4 is 11.1 Å². The minimum absolute atomic E-state index is 0.0478. The molecular weight excluding hydrogens is 242 g/mol. The summed E-state index contributed by atoms with van der Waals surface area (Å²) in [6.45, 7) is 4.38. The van der Waals surface area contributed by atoms with Crippen molar-refractivity contribution in [1.29, 1.82) is 0 Å². The molecule has 3 atom stereocenters. The number of nitrogens with zero attached hydrogens (tertiary/aromatic N) is 1. The highest BCUT2D eigenvalue weighted by atomic mass is 16.2. The Labute approximate surface area is 115 Å². The molecule has 2 heterocycles. The van der Waals surface area contributed by atoms with E-state index in [4.69, 9.17) is 10.8 Å². The van der Waals surface area contributed by atoms with Crippen molar-refractivity contribution in [2.45, 2.75) is 38.1 Å². The van der Waals surface area contributed by atoms with Crippen LogP contribution in [0.2, 0.25) is 0 Å². The van der Waals surface area contributed by atoms with Gasteiger partial charge in [-0.2, -0.15) is 0 Å². The molecule has 2 aliphatic heterocycles. The lowest BCUT2D eigenvalue weighted by atomic mass is 9.83. The minimum Gasteiger partial charge on any atom is -0.396 e. The molecule has 0 aromatic carbocycles. The van der Waals surface area contributed by atoms with Crippen molar-refractivity contribution in [3.8, 4) is 0 Å². The fraction of sp³-hybridized carbons (Fsp3) is 0.929. The Kier molecular flexibility index (Phi) is 5.60. The fourth-order valence-electron chi connectivity index (χ4n) is 3.58.